The lowest BCUT2D eigenvalue weighted by atomic mass is 10.1. The predicted molar refractivity (Wildman–Crippen MR) is 171 cm³/mol. The standard InChI is InChI=1S/C35H33N5O5/c36-18-17-22-3-10-27(11-4-22)37-34(43)25-7-12-28(13-8-25)38-33(42)24-5-1-23(2-6-24)20-40(29-14-15-29)35(44)26-9-16-30-31(19-26)45-21-32(41)39-30/h1-13,16,19,29H,14-15,17-18,20-21,36H2,(H,37,43)(H,38,42)(H,39,41). The van der Waals surface area contributed by atoms with Crippen molar-refractivity contribution in [2.45, 2.75) is 31.8 Å². The van der Waals surface area contributed by atoms with Gasteiger partial charge in [-0.2, -0.15) is 0 Å². The van der Waals surface area contributed by atoms with E-state index in [1.807, 2.05) is 41.3 Å². The smallest absolute Gasteiger partial charge is 0.262 e. The van der Waals surface area contributed by atoms with Crippen molar-refractivity contribution in [1.29, 1.82) is 0 Å². The molecule has 4 aromatic carbocycles. The van der Waals surface area contributed by atoms with Crippen molar-refractivity contribution in [3.8, 4) is 5.75 Å². The molecule has 1 aliphatic heterocycles. The molecule has 2 aliphatic rings. The summed E-state index contributed by atoms with van der Waals surface area (Å²) in [6, 6.07) is 26.6. The topological polar surface area (TPSA) is 143 Å². The van der Waals surface area contributed by atoms with Crippen molar-refractivity contribution in [3.05, 3.63) is 119 Å². The highest BCUT2D eigenvalue weighted by Gasteiger charge is 2.33. The van der Waals surface area contributed by atoms with E-state index >= 15 is 0 Å². The Balaban J connectivity index is 1.05. The first kappa shape index (κ1) is 29.6. The molecule has 1 saturated carbocycles. The summed E-state index contributed by atoms with van der Waals surface area (Å²) >= 11 is 0. The minimum atomic E-state index is -0.285. The fourth-order valence-electron chi connectivity index (χ4n) is 5.12. The van der Waals surface area contributed by atoms with Crippen LogP contribution in [-0.4, -0.2) is 47.7 Å². The van der Waals surface area contributed by atoms with Crippen LogP contribution in [0, 0.1) is 0 Å². The second-order valence-corrected chi connectivity index (χ2v) is 11.1. The first-order chi connectivity index (χ1) is 21.9. The molecule has 228 valence electrons. The summed E-state index contributed by atoms with van der Waals surface area (Å²) in [5, 5.41) is 8.47. The van der Waals surface area contributed by atoms with Gasteiger partial charge >= 0.3 is 0 Å². The second kappa shape index (κ2) is 13.0. The highest BCUT2D eigenvalue weighted by molar-refractivity contribution is 6.06. The molecular formula is C35H33N5O5. The minimum Gasteiger partial charge on any atom is -0.482 e. The summed E-state index contributed by atoms with van der Waals surface area (Å²) in [5.41, 5.74) is 10.8. The third-order valence-electron chi connectivity index (χ3n) is 7.73. The Morgan fingerprint density at radius 1 is 0.778 bits per heavy atom. The van der Waals surface area contributed by atoms with E-state index in [0.717, 1.165) is 30.4 Å². The maximum atomic E-state index is 13.4. The third kappa shape index (κ3) is 7.19. The highest BCUT2D eigenvalue weighted by atomic mass is 16.5. The van der Waals surface area contributed by atoms with Crippen LogP contribution in [0.4, 0.5) is 17.1 Å². The summed E-state index contributed by atoms with van der Waals surface area (Å²) < 4.78 is 5.49. The van der Waals surface area contributed by atoms with Gasteiger partial charge in [-0.3, -0.25) is 19.2 Å². The average Bonchev–Trinajstić information content (AvgIpc) is 3.90. The zero-order valence-electron chi connectivity index (χ0n) is 24.5. The molecule has 0 unspecified atom stereocenters. The monoisotopic (exact) mass is 603 g/mol. The van der Waals surface area contributed by atoms with Crippen LogP contribution in [0.3, 0.4) is 0 Å². The molecule has 6 rings (SSSR count). The molecule has 0 saturated heterocycles. The lowest BCUT2D eigenvalue weighted by Gasteiger charge is -2.24. The molecule has 4 aromatic rings. The molecule has 0 aromatic heterocycles. The average molecular weight is 604 g/mol. The molecule has 1 aliphatic carbocycles. The number of carbonyl (C=O) groups excluding carboxylic acids is 4. The van der Waals surface area contributed by atoms with Crippen molar-refractivity contribution >= 4 is 40.7 Å². The molecule has 1 fully saturated rings. The Morgan fingerprint density at radius 3 is 1.93 bits per heavy atom. The number of hydrogen-bond acceptors (Lipinski definition) is 6. The second-order valence-electron chi connectivity index (χ2n) is 11.1. The number of nitrogens with zero attached hydrogens (tertiary/aromatic N) is 1. The quantitative estimate of drug-likeness (QED) is 0.205. The zero-order valence-corrected chi connectivity index (χ0v) is 24.5. The fourth-order valence-corrected chi connectivity index (χ4v) is 5.12. The number of rotatable bonds is 10. The number of anilines is 3. The Hall–Kier alpha value is -5.48. The molecule has 0 atom stereocenters. The predicted octanol–water partition coefficient (Wildman–Crippen LogP) is 4.83. The normalized spacial score (nSPS) is 13.6. The van der Waals surface area contributed by atoms with Crippen LogP contribution in [0.1, 0.15) is 55.0 Å². The van der Waals surface area contributed by atoms with Gasteiger partial charge in [-0.1, -0.05) is 24.3 Å². The Bertz CT molecular complexity index is 1730. The maximum absolute atomic E-state index is 13.4. The largest absolute Gasteiger partial charge is 0.482 e. The van der Waals surface area contributed by atoms with E-state index < -0.39 is 0 Å². The molecule has 4 amide bonds. The van der Waals surface area contributed by atoms with Crippen LogP contribution in [0.5, 0.6) is 5.75 Å². The van der Waals surface area contributed by atoms with Gasteiger partial charge in [-0.05, 0) is 104 Å². The lowest BCUT2D eigenvalue weighted by Crippen LogP contribution is -2.33. The van der Waals surface area contributed by atoms with E-state index in [1.165, 1.54) is 0 Å². The minimum absolute atomic E-state index is 0.0781. The van der Waals surface area contributed by atoms with E-state index in [4.69, 9.17) is 10.5 Å². The third-order valence-corrected chi connectivity index (χ3v) is 7.73. The Labute approximate surface area is 260 Å². The fraction of sp³-hybridized carbons (Fsp3) is 0.200. The van der Waals surface area contributed by atoms with Crippen LogP contribution in [0.15, 0.2) is 91.0 Å². The molecule has 45 heavy (non-hydrogen) atoms. The summed E-state index contributed by atoms with van der Waals surface area (Å²) in [6.07, 6.45) is 2.65. The van der Waals surface area contributed by atoms with Gasteiger partial charge in [0.05, 0.1) is 5.69 Å². The number of carbonyl (C=O) groups is 4. The van der Waals surface area contributed by atoms with Crippen LogP contribution in [-0.2, 0) is 17.8 Å². The highest BCUT2D eigenvalue weighted by Crippen LogP contribution is 2.33. The van der Waals surface area contributed by atoms with Crippen molar-refractivity contribution in [2.24, 2.45) is 5.73 Å². The molecule has 1 heterocycles. The molecule has 0 bridgehead atoms. The number of nitrogens with two attached hydrogens (primary N) is 1. The van der Waals surface area contributed by atoms with Crippen molar-refractivity contribution < 1.29 is 23.9 Å². The van der Waals surface area contributed by atoms with Crippen molar-refractivity contribution in [1.82, 2.24) is 4.90 Å². The van der Waals surface area contributed by atoms with Crippen molar-refractivity contribution in [2.75, 3.05) is 29.1 Å². The van der Waals surface area contributed by atoms with E-state index in [1.54, 1.807) is 54.6 Å². The lowest BCUT2D eigenvalue weighted by molar-refractivity contribution is -0.118. The van der Waals surface area contributed by atoms with E-state index in [-0.39, 0.29) is 36.3 Å². The summed E-state index contributed by atoms with van der Waals surface area (Å²) in [4.78, 5) is 52.4. The van der Waals surface area contributed by atoms with Gasteiger partial charge in [-0.15, -0.1) is 0 Å². The molecule has 10 heteroatoms. The van der Waals surface area contributed by atoms with E-state index in [2.05, 4.69) is 16.0 Å². The Morgan fingerprint density at radius 2 is 1.33 bits per heavy atom. The van der Waals surface area contributed by atoms with Crippen LogP contribution in [0.25, 0.3) is 0 Å². The van der Waals surface area contributed by atoms with Crippen LogP contribution < -0.4 is 26.4 Å². The van der Waals surface area contributed by atoms with Gasteiger partial charge in [-0.25, -0.2) is 0 Å². The van der Waals surface area contributed by atoms with Crippen LogP contribution >= 0.6 is 0 Å². The number of nitrogens with one attached hydrogen (secondary N) is 3. The summed E-state index contributed by atoms with van der Waals surface area (Å²) in [5.74, 6) is -0.387. The molecular weight excluding hydrogens is 570 g/mol. The molecule has 5 N–H and O–H groups in total. The van der Waals surface area contributed by atoms with Gasteiger partial charge in [0.2, 0.25) is 0 Å². The maximum Gasteiger partial charge on any atom is 0.262 e. The van der Waals surface area contributed by atoms with Crippen molar-refractivity contribution in [3.63, 3.8) is 0 Å². The number of ether oxygens (including phenoxy) is 1. The molecule has 10 nitrogen and oxygen atoms in total. The van der Waals surface area contributed by atoms with Gasteiger partial charge in [0, 0.05) is 40.7 Å². The summed E-state index contributed by atoms with van der Waals surface area (Å²) in [7, 11) is 0. The first-order valence-electron chi connectivity index (χ1n) is 14.8. The molecule has 0 spiro atoms. The number of fused-ring (bicyclic) bond motifs is 1. The summed E-state index contributed by atoms with van der Waals surface area (Å²) in [6.45, 7) is 0.895. The zero-order chi connectivity index (χ0) is 31.3. The molecule has 0 radical (unpaired) electrons. The van der Waals surface area contributed by atoms with Gasteiger partial charge in [0.15, 0.2) is 6.61 Å². The number of amides is 4. The Kier molecular flexibility index (Phi) is 8.56. The SMILES string of the molecule is NCCc1ccc(NC(=O)c2ccc(NC(=O)c3ccc(CN(C(=O)c4ccc5c(c4)OCC(=O)N5)C4CC4)cc3)cc2)cc1. The number of hydrogen-bond donors (Lipinski definition) is 4. The van der Waals surface area contributed by atoms with Gasteiger partial charge in [0.25, 0.3) is 23.6 Å². The first-order valence-corrected chi connectivity index (χ1v) is 14.8. The van der Waals surface area contributed by atoms with Crippen LogP contribution in [0.2, 0.25) is 0 Å². The number of benzene rings is 4. The van der Waals surface area contributed by atoms with Gasteiger partial charge in [0.1, 0.15) is 5.75 Å². The van der Waals surface area contributed by atoms with E-state index in [0.29, 0.717) is 52.6 Å². The van der Waals surface area contributed by atoms with Gasteiger partial charge < -0.3 is 31.3 Å². The van der Waals surface area contributed by atoms with E-state index in [9.17, 15) is 19.2 Å².